The Labute approximate surface area is 208 Å². The van der Waals surface area contributed by atoms with Gasteiger partial charge in [0, 0.05) is 54.9 Å². The zero-order valence-corrected chi connectivity index (χ0v) is 20.6. The van der Waals surface area contributed by atoms with E-state index in [-0.39, 0.29) is 5.78 Å². The summed E-state index contributed by atoms with van der Waals surface area (Å²) >= 11 is 0. The summed E-state index contributed by atoms with van der Waals surface area (Å²) in [5.41, 5.74) is 2.75. The smallest absolute Gasteiger partial charge is 0.194 e. The maximum atomic E-state index is 13.8. The topological polar surface area (TPSA) is 32.8 Å². The van der Waals surface area contributed by atoms with E-state index in [4.69, 9.17) is 4.74 Å². The maximum absolute atomic E-state index is 13.8. The van der Waals surface area contributed by atoms with Gasteiger partial charge in [-0.3, -0.25) is 9.69 Å². The Bertz CT molecular complexity index is 1300. The zero-order chi connectivity index (χ0) is 24.0. The molecular weight excluding hydrogens is 432 g/mol. The Kier molecular flexibility index (Phi) is 7.41. The first-order chi connectivity index (χ1) is 17.3. The highest BCUT2D eigenvalue weighted by Crippen LogP contribution is 2.32. The van der Waals surface area contributed by atoms with Gasteiger partial charge in [-0.1, -0.05) is 80.1 Å². The van der Waals surface area contributed by atoms with Crippen molar-refractivity contribution in [2.24, 2.45) is 0 Å². The normalized spacial score (nSPS) is 14.4. The lowest BCUT2D eigenvalue weighted by atomic mass is 9.93. The van der Waals surface area contributed by atoms with E-state index in [1.54, 1.807) is 0 Å². The monoisotopic (exact) mass is 466 g/mol. The van der Waals surface area contributed by atoms with E-state index in [0.717, 1.165) is 91.5 Å². The van der Waals surface area contributed by atoms with E-state index in [1.165, 1.54) is 5.69 Å². The van der Waals surface area contributed by atoms with Gasteiger partial charge in [-0.05, 0) is 34.7 Å². The maximum Gasteiger partial charge on any atom is 0.194 e. The number of nitrogens with zero attached hydrogens (tertiary/aromatic N) is 2. The molecule has 0 unspecified atom stereocenters. The average Bonchev–Trinajstić information content (AvgIpc) is 2.92. The highest BCUT2D eigenvalue weighted by molar-refractivity contribution is 6.22. The number of rotatable bonds is 9. The minimum absolute atomic E-state index is 0.0815. The minimum Gasteiger partial charge on any atom is -0.379 e. The number of morpholine rings is 1. The quantitative estimate of drug-likeness (QED) is 0.277. The number of hydrogen-bond donors (Lipinski definition) is 0. The Morgan fingerprint density at radius 3 is 2.29 bits per heavy atom. The molecule has 1 fully saturated rings. The van der Waals surface area contributed by atoms with Crippen molar-refractivity contribution in [1.82, 2.24) is 4.90 Å². The van der Waals surface area contributed by atoms with Gasteiger partial charge in [0.2, 0.25) is 0 Å². The van der Waals surface area contributed by atoms with Crippen molar-refractivity contribution in [2.75, 3.05) is 50.8 Å². The zero-order valence-electron chi connectivity index (χ0n) is 20.6. The summed E-state index contributed by atoms with van der Waals surface area (Å²) < 4.78 is 5.53. The molecule has 0 N–H and O–H groups in total. The molecule has 4 aromatic carbocycles. The van der Waals surface area contributed by atoms with E-state index < -0.39 is 0 Å². The van der Waals surface area contributed by atoms with Gasteiger partial charge in [-0.25, -0.2) is 0 Å². The van der Waals surface area contributed by atoms with Crippen LogP contribution in [0.5, 0.6) is 0 Å². The molecule has 4 heteroatoms. The number of carbonyl (C=O) groups is 1. The second-order valence-corrected chi connectivity index (χ2v) is 9.33. The minimum atomic E-state index is 0.0815. The molecule has 0 radical (unpaired) electrons. The van der Waals surface area contributed by atoms with Crippen molar-refractivity contribution >= 4 is 33.0 Å². The van der Waals surface area contributed by atoms with Gasteiger partial charge in [0.05, 0.1) is 13.2 Å². The second kappa shape index (κ2) is 11.0. The van der Waals surface area contributed by atoms with Gasteiger partial charge in [-0.15, -0.1) is 0 Å². The Morgan fingerprint density at radius 1 is 0.800 bits per heavy atom. The summed E-state index contributed by atoms with van der Waals surface area (Å²) in [5, 5.41) is 4.27. The van der Waals surface area contributed by atoms with Crippen LogP contribution in [0, 0.1) is 0 Å². The third kappa shape index (κ3) is 5.09. The molecule has 0 saturated carbocycles. The molecule has 180 valence electrons. The summed E-state index contributed by atoms with van der Waals surface area (Å²) in [7, 11) is 0. The number of unbranched alkanes of at least 4 members (excludes halogenated alkanes) is 1. The van der Waals surface area contributed by atoms with Crippen molar-refractivity contribution in [2.45, 2.75) is 19.8 Å². The van der Waals surface area contributed by atoms with Crippen molar-refractivity contribution in [3.63, 3.8) is 0 Å². The first-order valence-corrected chi connectivity index (χ1v) is 12.9. The number of hydrogen-bond acceptors (Lipinski definition) is 4. The molecule has 35 heavy (non-hydrogen) atoms. The number of anilines is 1. The summed E-state index contributed by atoms with van der Waals surface area (Å²) in [6.45, 7) is 8.90. The van der Waals surface area contributed by atoms with E-state index in [2.05, 4.69) is 53.1 Å². The lowest BCUT2D eigenvalue weighted by Crippen LogP contribution is -2.41. The molecule has 0 spiro atoms. The molecule has 0 aromatic heterocycles. The van der Waals surface area contributed by atoms with Gasteiger partial charge in [0.15, 0.2) is 5.78 Å². The van der Waals surface area contributed by atoms with Crippen LogP contribution in [-0.4, -0.2) is 56.6 Å². The molecule has 0 bridgehead atoms. The summed E-state index contributed by atoms with van der Waals surface area (Å²) in [4.78, 5) is 18.8. The van der Waals surface area contributed by atoms with Crippen LogP contribution in [0.25, 0.3) is 21.5 Å². The van der Waals surface area contributed by atoms with Gasteiger partial charge in [0.25, 0.3) is 0 Å². The van der Waals surface area contributed by atoms with E-state index in [1.807, 2.05) is 42.5 Å². The average molecular weight is 467 g/mol. The molecule has 1 saturated heterocycles. The first-order valence-electron chi connectivity index (χ1n) is 12.9. The van der Waals surface area contributed by atoms with E-state index >= 15 is 0 Å². The standard InChI is InChI=1S/C31H34N2O2/c1-2-3-17-33(19-18-32-20-22-35-23-21-32)30-16-15-29(26-12-6-7-13-27(26)30)31(34)28-14-8-10-24-9-4-5-11-25(24)28/h4-16H,2-3,17-23H2,1H3. The number of carbonyl (C=O) groups excluding carboxylic acids is 1. The van der Waals surface area contributed by atoms with Crippen LogP contribution in [0.1, 0.15) is 35.7 Å². The highest BCUT2D eigenvalue weighted by Gasteiger charge is 2.19. The number of ketones is 1. The third-order valence-corrected chi connectivity index (χ3v) is 7.09. The van der Waals surface area contributed by atoms with Crippen LogP contribution in [0.2, 0.25) is 0 Å². The van der Waals surface area contributed by atoms with Crippen molar-refractivity contribution in [3.8, 4) is 0 Å². The fourth-order valence-corrected chi connectivity index (χ4v) is 5.11. The molecule has 4 nitrogen and oxygen atoms in total. The Morgan fingerprint density at radius 2 is 1.49 bits per heavy atom. The number of ether oxygens (including phenoxy) is 1. The third-order valence-electron chi connectivity index (χ3n) is 7.09. The van der Waals surface area contributed by atoms with Crippen LogP contribution >= 0.6 is 0 Å². The highest BCUT2D eigenvalue weighted by atomic mass is 16.5. The summed E-state index contributed by atoms with van der Waals surface area (Å²) in [5.74, 6) is 0.0815. The van der Waals surface area contributed by atoms with Gasteiger partial charge in [-0.2, -0.15) is 0 Å². The molecule has 1 heterocycles. The Balaban J connectivity index is 1.51. The second-order valence-electron chi connectivity index (χ2n) is 9.33. The largest absolute Gasteiger partial charge is 0.379 e. The first kappa shape index (κ1) is 23.5. The molecular formula is C31H34N2O2. The molecule has 4 aromatic rings. The Hall–Kier alpha value is -3.21. The predicted octanol–water partition coefficient (Wildman–Crippen LogP) is 6.16. The van der Waals surface area contributed by atoms with Crippen LogP contribution < -0.4 is 4.90 Å². The predicted molar refractivity (Wildman–Crippen MR) is 146 cm³/mol. The van der Waals surface area contributed by atoms with Gasteiger partial charge < -0.3 is 9.64 Å². The number of fused-ring (bicyclic) bond motifs is 2. The van der Waals surface area contributed by atoms with Crippen LogP contribution in [0.4, 0.5) is 5.69 Å². The lowest BCUT2D eigenvalue weighted by Gasteiger charge is -2.32. The van der Waals surface area contributed by atoms with Crippen molar-refractivity contribution < 1.29 is 9.53 Å². The van der Waals surface area contributed by atoms with Crippen molar-refractivity contribution in [1.29, 1.82) is 0 Å². The molecule has 1 aliphatic heterocycles. The van der Waals surface area contributed by atoms with E-state index in [0.29, 0.717) is 0 Å². The molecule has 1 aliphatic rings. The lowest BCUT2D eigenvalue weighted by molar-refractivity contribution is 0.0392. The van der Waals surface area contributed by atoms with Crippen LogP contribution in [0.3, 0.4) is 0 Å². The molecule has 0 aliphatic carbocycles. The fourth-order valence-electron chi connectivity index (χ4n) is 5.11. The SMILES string of the molecule is CCCCN(CCN1CCOCC1)c1ccc(C(=O)c2cccc3ccccc23)c2ccccc12. The van der Waals surface area contributed by atoms with Crippen LogP contribution in [0.15, 0.2) is 78.9 Å². The summed E-state index contributed by atoms with van der Waals surface area (Å²) in [6, 6.07) is 26.7. The van der Waals surface area contributed by atoms with Crippen LogP contribution in [-0.2, 0) is 4.74 Å². The van der Waals surface area contributed by atoms with Gasteiger partial charge >= 0.3 is 0 Å². The van der Waals surface area contributed by atoms with Crippen molar-refractivity contribution in [3.05, 3.63) is 90.0 Å². The molecule has 0 atom stereocenters. The van der Waals surface area contributed by atoms with Gasteiger partial charge in [0.1, 0.15) is 0 Å². The molecule has 5 rings (SSSR count). The molecule has 0 amide bonds. The number of benzene rings is 4. The van der Waals surface area contributed by atoms with E-state index in [9.17, 15) is 4.79 Å². The summed E-state index contributed by atoms with van der Waals surface area (Å²) in [6.07, 6.45) is 2.30. The fraction of sp³-hybridized carbons (Fsp3) is 0.323.